The predicted octanol–water partition coefficient (Wildman–Crippen LogP) is 5.10. The van der Waals surface area contributed by atoms with Crippen molar-refractivity contribution in [3.05, 3.63) is 18.1 Å². The van der Waals surface area contributed by atoms with E-state index < -0.39 is 0 Å². The quantitative estimate of drug-likeness (QED) is 0.382. The number of benzene rings is 1. The number of rotatable bonds is 1. The molecule has 1 aromatic carbocycles. The van der Waals surface area contributed by atoms with Crippen molar-refractivity contribution in [3.63, 3.8) is 0 Å². The smallest absolute Gasteiger partial charge is 0.206 e. The first-order chi connectivity index (χ1) is 10.1. The van der Waals surface area contributed by atoms with Gasteiger partial charge in [0.15, 0.2) is 0 Å². The zero-order valence-electron chi connectivity index (χ0n) is 11.8. The molecule has 0 N–H and O–H groups in total. The second-order valence-electron chi connectivity index (χ2n) is 5.97. The van der Waals surface area contributed by atoms with Crippen molar-refractivity contribution in [3.8, 4) is 0 Å². The monoisotopic (exact) mass is 523 g/mol. The van der Waals surface area contributed by atoms with Gasteiger partial charge in [0.2, 0.25) is 5.95 Å². The maximum absolute atomic E-state index is 5.05. The molecule has 2 aliphatic heterocycles. The lowest BCUT2D eigenvalue weighted by atomic mass is 10.0. The second kappa shape index (κ2) is 5.37. The molecule has 6 heteroatoms. The van der Waals surface area contributed by atoms with Crippen molar-refractivity contribution in [1.82, 2.24) is 9.55 Å². The summed E-state index contributed by atoms with van der Waals surface area (Å²) in [6, 6.07) is 0.605. The van der Waals surface area contributed by atoms with Gasteiger partial charge >= 0.3 is 0 Å². The van der Waals surface area contributed by atoms with Crippen molar-refractivity contribution in [2.75, 3.05) is 11.4 Å². The Morgan fingerprint density at radius 2 is 2.00 bits per heavy atom. The first-order valence-electron chi connectivity index (χ1n) is 7.41. The third-order valence-corrected chi connectivity index (χ3v) is 8.70. The van der Waals surface area contributed by atoms with Crippen molar-refractivity contribution in [1.29, 1.82) is 0 Å². The molecule has 0 saturated carbocycles. The molecule has 0 unspecified atom stereocenters. The summed E-state index contributed by atoms with van der Waals surface area (Å²) >= 11 is 9.92. The zero-order valence-corrected chi connectivity index (χ0v) is 17.1. The molecule has 4 rings (SSSR count). The van der Waals surface area contributed by atoms with E-state index in [2.05, 4.69) is 70.8 Å². The number of anilines is 1. The van der Waals surface area contributed by atoms with Crippen LogP contribution in [0.25, 0.3) is 11.0 Å². The Morgan fingerprint density at radius 1 is 1.19 bits per heavy atom. The number of nitrogens with zero attached hydrogens (tertiary/aromatic N) is 3. The summed E-state index contributed by atoms with van der Waals surface area (Å²) in [5, 5.41) is 0. The highest BCUT2D eigenvalue weighted by molar-refractivity contribution is 14.1. The fourth-order valence-electron chi connectivity index (χ4n) is 3.64. The van der Waals surface area contributed by atoms with Crippen LogP contribution in [0.2, 0.25) is 0 Å². The zero-order chi connectivity index (χ0) is 14.7. The van der Waals surface area contributed by atoms with Crippen LogP contribution in [-0.4, -0.2) is 22.1 Å². The SMILES string of the molecule is C[C@H]1CCCN1c1nc2c(I)c(Br)c(Br)c3c2n1CCC3. The van der Waals surface area contributed by atoms with Gasteiger partial charge in [-0.3, -0.25) is 0 Å². The van der Waals surface area contributed by atoms with E-state index in [0.29, 0.717) is 6.04 Å². The van der Waals surface area contributed by atoms with Crippen LogP contribution in [0.3, 0.4) is 0 Å². The van der Waals surface area contributed by atoms with Crippen molar-refractivity contribution >= 4 is 71.4 Å². The van der Waals surface area contributed by atoms with Gasteiger partial charge in [0.25, 0.3) is 0 Å². The average Bonchev–Trinajstić information content (AvgIpc) is 3.07. The van der Waals surface area contributed by atoms with Crippen LogP contribution < -0.4 is 4.90 Å². The molecule has 0 bridgehead atoms. The van der Waals surface area contributed by atoms with E-state index in [1.807, 2.05) is 0 Å². The van der Waals surface area contributed by atoms with Crippen LogP contribution in [0.1, 0.15) is 31.7 Å². The minimum atomic E-state index is 0.605. The summed E-state index contributed by atoms with van der Waals surface area (Å²) in [7, 11) is 0. The number of halogens is 3. The summed E-state index contributed by atoms with van der Waals surface area (Å²) in [4.78, 5) is 7.54. The standard InChI is InChI=1S/C15H16Br2IN3/c1-8-4-2-6-20(8)15-19-13-12(18)11(17)10(16)9-5-3-7-21(15)14(9)13/h8H,2-7H2,1H3/t8-/m0/s1. The summed E-state index contributed by atoms with van der Waals surface area (Å²) in [6.07, 6.45) is 4.88. The predicted molar refractivity (Wildman–Crippen MR) is 102 cm³/mol. The fraction of sp³-hybridized carbons (Fsp3) is 0.533. The van der Waals surface area contributed by atoms with Crippen LogP contribution in [0.4, 0.5) is 5.95 Å². The molecule has 1 aromatic heterocycles. The number of imidazole rings is 1. The van der Waals surface area contributed by atoms with Gasteiger partial charge in [-0.15, -0.1) is 0 Å². The molecule has 1 fully saturated rings. The third-order valence-electron chi connectivity index (χ3n) is 4.71. The Bertz CT molecular complexity index is 741. The number of hydrogen-bond acceptors (Lipinski definition) is 2. The lowest BCUT2D eigenvalue weighted by Crippen LogP contribution is -2.29. The highest BCUT2D eigenvalue weighted by Gasteiger charge is 2.30. The molecule has 21 heavy (non-hydrogen) atoms. The Kier molecular flexibility index (Phi) is 3.77. The molecule has 1 saturated heterocycles. The molecule has 0 amide bonds. The number of aromatic nitrogens is 2. The molecule has 0 aliphatic carbocycles. The van der Waals surface area contributed by atoms with Gasteiger partial charge in [0.05, 0.1) is 9.09 Å². The van der Waals surface area contributed by atoms with Crippen molar-refractivity contribution in [2.24, 2.45) is 0 Å². The van der Waals surface area contributed by atoms with Gasteiger partial charge in [-0.25, -0.2) is 4.98 Å². The van der Waals surface area contributed by atoms with Gasteiger partial charge < -0.3 is 9.47 Å². The molecular weight excluding hydrogens is 509 g/mol. The van der Waals surface area contributed by atoms with Crippen molar-refractivity contribution in [2.45, 2.75) is 45.2 Å². The van der Waals surface area contributed by atoms with Crippen molar-refractivity contribution < 1.29 is 0 Å². The molecule has 3 nitrogen and oxygen atoms in total. The molecule has 0 spiro atoms. The minimum absolute atomic E-state index is 0.605. The Labute approximate surface area is 154 Å². The van der Waals surface area contributed by atoms with E-state index in [1.54, 1.807) is 0 Å². The largest absolute Gasteiger partial charge is 0.340 e. The van der Waals surface area contributed by atoms with Gasteiger partial charge in [0.1, 0.15) is 5.52 Å². The average molecular weight is 525 g/mol. The van der Waals surface area contributed by atoms with Crippen LogP contribution in [0, 0.1) is 3.57 Å². The van der Waals surface area contributed by atoms with Gasteiger partial charge in [-0.2, -0.15) is 0 Å². The minimum Gasteiger partial charge on any atom is -0.340 e. The van der Waals surface area contributed by atoms with E-state index in [1.165, 1.54) is 44.3 Å². The molecular formula is C15H16Br2IN3. The summed E-state index contributed by atoms with van der Waals surface area (Å²) in [5.74, 6) is 1.18. The molecule has 112 valence electrons. The Balaban J connectivity index is 2.03. The second-order valence-corrected chi connectivity index (χ2v) is 8.63. The Hall–Kier alpha value is 0.180. The topological polar surface area (TPSA) is 21.1 Å². The Morgan fingerprint density at radius 3 is 2.71 bits per heavy atom. The summed E-state index contributed by atoms with van der Waals surface area (Å²) < 4.78 is 6.03. The van der Waals surface area contributed by atoms with E-state index in [-0.39, 0.29) is 0 Å². The molecule has 2 aliphatic rings. The lowest BCUT2D eigenvalue weighted by molar-refractivity contribution is 0.608. The maximum atomic E-state index is 5.05. The first kappa shape index (κ1) is 14.8. The van der Waals surface area contributed by atoms with Crippen LogP contribution >= 0.6 is 54.5 Å². The lowest BCUT2D eigenvalue weighted by Gasteiger charge is -2.25. The normalized spacial score (nSPS) is 21.5. The highest BCUT2D eigenvalue weighted by atomic mass is 127. The molecule has 3 heterocycles. The fourth-order valence-corrected chi connectivity index (χ4v) is 5.67. The van der Waals surface area contributed by atoms with Gasteiger partial charge in [0, 0.05) is 28.1 Å². The molecule has 1 atom stereocenters. The van der Waals surface area contributed by atoms with E-state index >= 15 is 0 Å². The summed E-state index contributed by atoms with van der Waals surface area (Å²) in [6.45, 7) is 4.55. The van der Waals surface area contributed by atoms with Gasteiger partial charge in [-0.1, -0.05) is 0 Å². The van der Waals surface area contributed by atoms with E-state index in [9.17, 15) is 0 Å². The van der Waals surface area contributed by atoms with E-state index in [0.717, 1.165) is 29.5 Å². The first-order valence-corrected chi connectivity index (χ1v) is 10.1. The number of hydrogen-bond donors (Lipinski definition) is 0. The third kappa shape index (κ3) is 2.11. The maximum Gasteiger partial charge on any atom is 0.206 e. The molecule has 0 radical (unpaired) electrons. The number of aryl methyl sites for hydroxylation is 2. The molecule has 2 aromatic rings. The van der Waals surface area contributed by atoms with Crippen LogP contribution in [-0.2, 0) is 13.0 Å². The highest BCUT2D eigenvalue weighted by Crippen LogP contribution is 2.43. The van der Waals surface area contributed by atoms with Crippen LogP contribution in [0.15, 0.2) is 8.95 Å². The van der Waals surface area contributed by atoms with E-state index in [4.69, 9.17) is 4.98 Å². The van der Waals surface area contributed by atoms with Gasteiger partial charge in [-0.05, 0) is 92.6 Å². The van der Waals surface area contributed by atoms with Crippen LogP contribution in [0.5, 0.6) is 0 Å². The summed E-state index contributed by atoms with van der Waals surface area (Å²) in [5.41, 5.74) is 3.92.